The minimum Gasteiger partial charge on any atom is -0.192 e. The van der Waals surface area contributed by atoms with Crippen molar-refractivity contribution in [2.24, 2.45) is 0 Å². The highest BCUT2D eigenvalue weighted by Crippen LogP contribution is 2.31. The third-order valence-corrected chi connectivity index (χ3v) is 3.88. The number of allylic oxidation sites excluding steroid dienone is 1. The molecule has 0 aliphatic carbocycles. The van der Waals surface area contributed by atoms with Crippen LogP contribution in [0.15, 0.2) is 29.2 Å². The molecule has 0 atom stereocenters. The van der Waals surface area contributed by atoms with Crippen LogP contribution >= 0.6 is 27.7 Å². The SMILES string of the molecule is CCS/C(C#N)=C(\Br)c1ccc(C)cc1. The van der Waals surface area contributed by atoms with Crippen LogP contribution in [0.3, 0.4) is 0 Å². The van der Waals surface area contributed by atoms with Crippen LogP contribution in [0, 0.1) is 18.3 Å². The maximum absolute atomic E-state index is 8.98. The number of hydrogen-bond acceptors (Lipinski definition) is 2. The standard InChI is InChI=1S/C12H12BrNS/c1-3-15-11(8-14)12(13)10-6-4-9(2)5-7-10/h4-7H,3H2,1-2H3/b12-11-. The van der Waals surface area contributed by atoms with Crippen molar-refractivity contribution >= 4 is 32.2 Å². The van der Waals surface area contributed by atoms with E-state index >= 15 is 0 Å². The highest BCUT2D eigenvalue weighted by Gasteiger charge is 2.05. The molecule has 0 radical (unpaired) electrons. The monoisotopic (exact) mass is 281 g/mol. The van der Waals surface area contributed by atoms with Crippen LogP contribution in [-0.4, -0.2) is 5.75 Å². The zero-order valence-electron chi connectivity index (χ0n) is 8.75. The number of hydrogen-bond donors (Lipinski definition) is 0. The predicted molar refractivity (Wildman–Crippen MR) is 70.8 cm³/mol. The summed E-state index contributed by atoms with van der Waals surface area (Å²) in [5, 5.41) is 8.98. The van der Waals surface area contributed by atoms with Gasteiger partial charge in [0.2, 0.25) is 0 Å². The van der Waals surface area contributed by atoms with E-state index < -0.39 is 0 Å². The van der Waals surface area contributed by atoms with Crippen molar-refractivity contribution in [1.82, 2.24) is 0 Å². The average molecular weight is 282 g/mol. The third kappa shape index (κ3) is 3.40. The summed E-state index contributed by atoms with van der Waals surface area (Å²) in [6.07, 6.45) is 0. The summed E-state index contributed by atoms with van der Waals surface area (Å²) < 4.78 is 0.886. The minimum absolute atomic E-state index is 0.737. The fraction of sp³-hybridized carbons (Fsp3) is 0.250. The second-order valence-electron chi connectivity index (χ2n) is 3.05. The summed E-state index contributed by atoms with van der Waals surface area (Å²) in [4.78, 5) is 0.737. The van der Waals surface area contributed by atoms with Crippen LogP contribution in [0.1, 0.15) is 18.1 Å². The number of benzene rings is 1. The zero-order chi connectivity index (χ0) is 11.3. The van der Waals surface area contributed by atoms with Crippen LogP contribution < -0.4 is 0 Å². The molecule has 0 saturated carbocycles. The van der Waals surface area contributed by atoms with E-state index in [1.807, 2.05) is 38.1 Å². The summed E-state index contributed by atoms with van der Waals surface area (Å²) in [6.45, 7) is 4.09. The molecule has 0 heterocycles. The zero-order valence-corrected chi connectivity index (χ0v) is 11.2. The van der Waals surface area contributed by atoms with E-state index in [0.29, 0.717) is 0 Å². The van der Waals surface area contributed by atoms with Crippen molar-refractivity contribution in [3.05, 3.63) is 40.3 Å². The van der Waals surface area contributed by atoms with Gasteiger partial charge in [0, 0.05) is 4.48 Å². The first-order valence-electron chi connectivity index (χ1n) is 4.68. The first kappa shape index (κ1) is 12.4. The van der Waals surface area contributed by atoms with Gasteiger partial charge >= 0.3 is 0 Å². The molecular formula is C12H12BrNS. The van der Waals surface area contributed by atoms with Gasteiger partial charge in [0.05, 0.1) is 4.91 Å². The lowest BCUT2D eigenvalue weighted by atomic mass is 10.1. The topological polar surface area (TPSA) is 23.8 Å². The molecule has 0 N–H and O–H groups in total. The number of halogens is 1. The van der Waals surface area contributed by atoms with Crippen molar-refractivity contribution in [3.8, 4) is 6.07 Å². The Balaban J connectivity index is 3.06. The first-order valence-corrected chi connectivity index (χ1v) is 6.46. The van der Waals surface area contributed by atoms with Crippen LogP contribution in [-0.2, 0) is 0 Å². The Labute approximate surface area is 103 Å². The Morgan fingerprint density at radius 3 is 2.47 bits per heavy atom. The smallest absolute Gasteiger partial charge is 0.107 e. The van der Waals surface area contributed by atoms with Crippen LogP contribution in [0.25, 0.3) is 4.48 Å². The number of aryl methyl sites for hydroxylation is 1. The Bertz CT molecular complexity index is 401. The molecule has 3 heteroatoms. The van der Waals surface area contributed by atoms with E-state index in [-0.39, 0.29) is 0 Å². The predicted octanol–water partition coefficient (Wildman–Crippen LogP) is 4.34. The Morgan fingerprint density at radius 2 is 2.00 bits per heavy atom. The van der Waals surface area contributed by atoms with Gasteiger partial charge in [-0.3, -0.25) is 0 Å². The lowest BCUT2D eigenvalue weighted by Crippen LogP contribution is -1.82. The van der Waals surface area contributed by atoms with E-state index in [1.165, 1.54) is 5.56 Å². The van der Waals surface area contributed by atoms with Crippen molar-refractivity contribution in [2.45, 2.75) is 13.8 Å². The molecule has 0 saturated heterocycles. The first-order chi connectivity index (χ1) is 7.19. The normalized spacial score (nSPS) is 11.9. The second-order valence-corrected chi connectivity index (χ2v) is 5.12. The molecule has 0 unspecified atom stereocenters. The van der Waals surface area contributed by atoms with Crippen LogP contribution in [0.4, 0.5) is 0 Å². The van der Waals surface area contributed by atoms with E-state index in [2.05, 4.69) is 22.0 Å². The van der Waals surface area contributed by atoms with Crippen molar-refractivity contribution in [3.63, 3.8) is 0 Å². The quantitative estimate of drug-likeness (QED) is 0.770. The fourth-order valence-electron chi connectivity index (χ4n) is 1.12. The lowest BCUT2D eigenvalue weighted by molar-refractivity contribution is 1.46. The molecule has 1 rings (SSSR count). The summed E-state index contributed by atoms with van der Waals surface area (Å²) >= 11 is 5.03. The van der Waals surface area contributed by atoms with Gasteiger partial charge in [-0.15, -0.1) is 11.8 Å². The van der Waals surface area contributed by atoms with Gasteiger partial charge in [0.25, 0.3) is 0 Å². The van der Waals surface area contributed by atoms with E-state index in [9.17, 15) is 0 Å². The molecular weight excluding hydrogens is 270 g/mol. The van der Waals surface area contributed by atoms with Crippen molar-refractivity contribution in [1.29, 1.82) is 5.26 Å². The molecule has 0 amide bonds. The molecule has 0 aromatic heterocycles. The van der Waals surface area contributed by atoms with Crippen LogP contribution in [0.5, 0.6) is 0 Å². The molecule has 1 nitrogen and oxygen atoms in total. The molecule has 15 heavy (non-hydrogen) atoms. The Morgan fingerprint density at radius 1 is 1.40 bits per heavy atom. The summed E-state index contributed by atoms with van der Waals surface area (Å²) in [6, 6.07) is 10.3. The summed E-state index contributed by atoms with van der Waals surface area (Å²) in [7, 11) is 0. The molecule has 1 aromatic rings. The number of nitrogens with zero attached hydrogens (tertiary/aromatic N) is 1. The fourth-order valence-corrected chi connectivity index (χ4v) is 2.41. The largest absolute Gasteiger partial charge is 0.192 e. The molecule has 0 bridgehead atoms. The van der Waals surface area contributed by atoms with Crippen LogP contribution in [0.2, 0.25) is 0 Å². The Hall–Kier alpha value is -0.720. The summed E-state index contributed by atoms with van der Waals surface area (Å²) in [5.74, 6) is 0.907. The molecule has 0 fully saturated rings. The van der Waals surface area contributed by atoms with Gasteiger partial charge in [-0.1, -0.05) is 36.8 Å². The van der Waals surface area contributed by atoms with Gasteiger partial charge in [0.15, 0.2) is 0 Å². The maximum atomic E-state index is 8.98. The maximum Gasteiger partial charge on any atom is 0.107 e. The molecule has 0 aliphatic rings. The average Bonchev–Trinajstić information content (AvgIpc) is 2.26. The number of nitriles is 1. The van der Waals surface area contributed by atoms with Gasteiger partial charge in [0.1, 0.15) is 6.07 Å². The third-order valence-electron chi connectivity index (χ3n) is 1.89. The minimum atomic E-state index is 0.737. The molecule has 0 spiro atoms. The van der Waals surface area contributed by atoms with E-state index in [0.717, 1.165) is 20.7 Å². The number of thioether (sulfide) groups is 1. The van der Waals surface area contributed by atoms with Gasteiger partial charge in [-0.2, -0.15) is 5.26 Å². The lowest BCUT2D eigenvalue weighted by Gasteiger charge is -2.03. The molecule has 0 aliphatic heterocycles. The van der Waals surface area contributed by atoms with Crippen molar-refractivity contribution < 1.29 is 0 Å². The van der Waals surface area contributed by atoms with Gasteiger partial charge < -0.3 is 0 Å². The van der Waals surface area contributed by atoms with E-state index in [1.54, 1.807) is 11.8 Å². The van der Waals surface area contributed by atoms with E-state index in [4.69, 9.17) is 5.26 Å². The number of rotatable bonds is 3. The highest BCUT2D eigenvalue weighted by atomic mass is 79.9. The van der Waals surface area contributed by atoms with Crippen molar-refractivity contribution in [2.75, 3.05) is 5.75 Å². The Kier molecular flexibility index (Phi) is 4.93. The van der Waals surface area contributed by atoms with Gasteiger partial charge in [-0.05, 0) is 34.2 Å². The summed E-state index contributed by atoms with van der Waals surface area (Å²) in [5.41, 5.74) is 2.28. The molecule has 78 valence electrons. The van der Waals surface area contributed by atoms with Gasteiger partial charge in [-0.25, -0.2) is 0 Å². The molecule has 1 aromatic carbocycles. The second kappa shape index (κ2) is 5.99. The highest BCUT2D eigenvalue weighted by molar-refractivity contribution is 9.15.